The molecule has 7 heteroatoms. The van der Waals surface area contributed by atoms with Gasteiger partial charge in [-0.05, 0) is 37.0 Å². The number of halogens is 1. The summed E-state index contributed by atoms with van der Waals surface area (Å²) in [5, 5.41) is 0.353. The van der Waals surface area contributed by atoms with Crippen molar-refractivity contribution in [3.63, 3.8) is 0 Å². The first-order chi connectivity index (χ1) is 12.0. The fraction of sp³-hybridized carbons (Fsp3) is 0.444. The van der Waals surface area contributed by atoms with Gasteiger partial charge in [-0.3, -0.25) is 14.5 Å². The van der Waals surface area contributed by atoms with Gasteiger partial charge in [0.25, 0.3) is 0 Å². The van der Waals surface area contributed by atoms with Gasteiger partial charge in [0, 0.05) is 31.7 Å². The molecule has 1 aliphatic carbocycles. The van der Waals surface area contributed by atoms with Crippen LogP contribution in [0.15, 0.2) is 18.2 Å². The van der Waals surface area contributed by atoms with E-state index in [1.165, 1.54) is 4.90 Å². The van der Waals surface area contributed by atoms with Gasteiger partial charge in [-0.1, -0.05) is 11.6 Å². The number of rotatable bonds is 5. The van der Waals surface area contributed by atoms with Crippen LogP contribution in [0.25, 0.3) is 0 Å². The van der Waals surface area contributed by atoms with E-state index in [2.05, 4.69) is 5.92 Å². The lowest BCUT2D eigenvalue weighted by Gasteiger charge is -2.43. The topological polar surface area (TPSA) is 81.9 Å². The van der Waals surface area contributed by atoms with Crippen LogP contribution in [0.3, 0.4) is 0 Å². The van der Waals surface area contributed by atoms with Crippen molar-refractivity contribution in [2.75, 3.05) is 18.1 Å². The Morgan fingerprint density at radius 2 is 2.04 bits per heavy atom. The van der Waals surface area contributed by atoms with Crippen LogP contribution in [-0.4, -0.2) is 36.7 Å². The number of hydrogen-bond donors (Lipinski definition) is 1. The lowest BCUT2D eigenvalue weighted by Crippen LogP contribution is -2.62. The van der Waals surface area contributed by atoms with Crippen molar-refractivity contribution in [1.29, 1.82) is 0 Å². The quantitative estimate of drug-likeness (QED) is 0.811. The molecular weight excluding hydrogens is 344 g/mol. The first kappa shape index (κ1) is 17.6. The summed E-state index contributed by atoms with van der Waals surface area (Å²) in [6.45, 7) is 0.627. The van der Waals surface area contributed by atoms with Gasteiger partial charge in [-0.25, -0.2) is 0 Å². The van der Waals surface area contributed by atoms with E-state index < -0.39 is 17.4 Å². The van der Waals surface area contributed by atoms with Crippen molar-refractivity contribution in [2.45, 2.75) is 37.3 Å². The molecule has 0 spiro atoms. The van der Waals surface area contributed by atoms with Crippen LogP contribution in [0.2, 0.25) is 5.02 Å². The highest BCUT2D eigenvalue weighted by Crippen LogP contribution is 2.38. The Morgan fingerprint density at radius 1 is 1.36 bits per heavy atom. The van der Waals surface area contributed by atoms with Crippen molar-refractivity contribution in [3.05, 3.63) is 23.2 Å². The summed E-state index contributed by atoms with van der Waals surface area (Å²) in [5.41, 5.74) is 4.84. The van der Waals surface area contributed by atoms with Crippen LogP contribution in [0.5, 0.6) is 5.75 Å². The van der Waals surface area contributed by atoms with Gasteiger partial charge in [0.15, 0.2) is 0 Å². The van der Waals surface area contributed by atoms with Crippen LogP contribution in [0.1, 0.15) is 25.7 Å². The number of nitrogens with zero attached hydrogens (tertiary/aromatic N) is 1. The van der Waals surface area contributed by atoms with Crippen LogP contribution in [-0.2, 0) is 14.3 Å². The number of ether oxygens (including phenoxy) is 2. The third-order valence-electron chi connectivity index (χ3n) is 4.52. The summed E-state index contributed by atoms with van der Waals surface area (Å²) < 4.78 is 11.0. The maximum atomic E-state index is 12.5. The maximum absolute atomic E-state index is 12.5. The average Bonchev–Trinajstić information content (AvgIpc) is 3.42. The number of benzene rings is 1. The molecule has 0 atom stereocenters. The molecule has 2 fully saturated rings. The molecule has 0 aromatic heterocycles. The molecule has 0 bridgehead atoms. The van der Waals surface area contributed by atoms with E-state index in [1.54, 1.807) is 18.2 Å². The predicted octanol–water partition coefficient (Wildman–Crippen LogP) is 1.88. The zero-order valence-corrected chi connectivity index (χ0v) is 14.4. The number of amides is 2. The Balaban J connectivity index is 2.00. The molecule has 132 valence electrons. The fourth-order valence-electron chi connectivity index (χ4n) is 3.00. The lowest BCUT2D eigenvalue weighted by atomic mass is 9.86. The Morgan fingerprint density at radius 3 is 2.56 bits per heavy atom. The second kappa shape index (κ2) is 6.95. The highest BCUT2D eigenvalue weighted by molar-refractivity contribution is 6.32. The number of terminal acetylenes is 1. The van der Waals surface area contributed by atoms with Crippen LogP contribution in [0, 0.1) is 12.3 Å². The van der Waals surface area contributed by atoms with E-state index in [1.807, 2.05) is 0 Å². The van der Waals surface area contributed by atoms with E-state index in [9.17, 15) is 9.59 Å². The molecule has 0 radical (unpaired) electrons. The van der Waals surface area contributed by atoms with Gasteiger partial charge in [0.1, 0.15) is 11.3 Å². The third-order valence-corrected chi connectivity index (χ3v) is 4.82. The fourth-order valence-corrected chi connectivity index (χ4v) is 3.22. The second-order valence-electron chi connectivity index (χ2n) is 6.23. The van der Waals surface area contributed by atoms with Crippen molar-refractivity contribution in [2.24, 2.45) is 5.73 Å². The summed E-state index contributed by atoms with van der Waals surface area (Å²) >= 11 is 6.30. The van der Waals surface area contributed by atoms with Crippen molar-refractivity contribution >= 4 is 29.1 Å². The van der Waals surface area contributed by atoms with Crippen LogP contribution >= 0.6 is 11.6 Å². The highest BCUT2D eigenvalue weighted by atomic mass is 35.5. The van der Waals surface area contributed by atoms with Crippen LogP contribution in [0.4, 0.5) is 5.69 Å². The number of nitrogens with two attached hydrogens (primary N) is 1. The molecule has 1 saturated carbocycles. The van der Waals surface area contributed by atoms with Gasteiger partial charge in [-0.15, -0.1) is 6.42 Å². The minimum absolute atomic E-state index is 0.194. The van der Waals surface area contributed by atoms with Gasteiger partial charge in [0.05, 0.1) is 11.1 Å². The molecule has 1 aromatic carbocycles. The molecule has 2 N–H and O–H groups in total. The molecule has 1 saturated heterocycles. The van der Waals surface area contributed by atoms with Crippen LogP contribution < -0.4 is 15.4 Å². The highest BCUT2D eigenvalue weighted by Gasteiger charge is 2.47. The summed E-state index contributed by atoms with van der Waals surface area (Å²) in [7, 11) is 0. The third kappa shape index (κ3) is 3.44. The normalized spacial score (nSPS) is 18.9. The molecule has 6 nitrogen and oxygen atoms in total. The van der Waals surface area contributed by atoms with Crippen molar-refractivity contribution in [1.82, 2.24) is 0 Å². The summed E-state index contributed by atoms with van der Waals surface area (Å²) in [6, 6.07) is 4.93. The standard InChI is InChI=1S/C18H19ClN2O4/c1-2-16(22)21(18(17(20)23)7-9-24-10-8-18)12-3-6-15(14(19)11-12)25-13-4-5-13/h1,3,6,11,13H,4-5,7-10H2,(H2,20,23). The molecule has 3 rings (SSSR count). The number of anilines is 1. The number of hydrogen-bond acceptors (Lipinski definition) is 4. The number of carbonyl (C=O) groups excluding carboxylic acids is 2. The molecule has 1 aliphatic heterocycles. The monoisotopic (exact) mass is 362 g/mol. The number of primary amides is 1. The lowest BCUT2D eigenvalue weighted by molar-refractivity contribution is -0.130. The summed E-state index contributed by atoms with van der Waals surface area (Å²) in [4.78, 5) is 26.0. The average molecular weight is 363 g/mol. The van der Waals surface area contributed by atoms with Crippen molar-refractivity contribution < 1.29 is 19.1 Å². The van der Waals surface area contributed by atoms with Gasteiger partial charge >= 0.3 is 5.91 Å². The van der Waals surface area contributed by atoms with E-state index in [4.69, 9.17) is 33.2 Å². The number of carbonyl (C=O) groups is 2. The zero-order chi connectivity index (χ0) is 18.0. The van der Waals surface area contributed by atoms with Gasteiger partial charge in [0.2, 0.25) is 5.91 Å². The smallest absolute Gasteiger partial charge is 0.303 e. The first-order valence-corrected chi connectivity index (χ1v) is 8.50. The zero-order valence-electron chi connectivity index (χ0n) is 13.7. The largest absolute Gasteiger partial charge is 0.489 e. The maximum Gasteiger partial charge on any atom is 0.303 e. The molecule has 1 aromatic rings. The van der Waals surface area contributed by atoms with E-state index in [0.717, 1.165) is 12.8 Å². The Bertz CT molecular complexity index is 733. The van der Waals surface area contributed by atoms with Gasteiger partial charge < -0.3 is 15.2 Å². The summed E-state index contributed by atoms with van der Waals surface area (Å²) in [5.74, 6) is 1.36. The molecule has 2 aliphatic rings. The Labute approximate surface area is 151 Å². The molecular formula is C18H19ClN2O4. The van der Waals surface area contributed by atoms with E-state index in [-0.39, 0.29) is 18.9 Å². The van der Waals surface area contributed by atoms with E-state index in [0.29, 0.717) is 29.7 Å². The van der Waals surface area contributed by atoms with Crippen molar-refractivity contribution in [3.8, 4) is 18.1 Å². The minimum atomic E-state index is -1.23. The van der Waals surface area contributed by atoms with E-state index >= 15 is 0 Å². The molecule has 1 heterocycles. The SMILES string of the molecule is C#CC(=O)N(c1ccc(OC2CC2)c(Cl)c1)C1(C(N)=O)CCOCC1. The minimum Gasteiger partial charge on any atom is -0.489 e. The van der Waals surface area contributed by atoms with Gasteiger partial charge in [-0.2, -0.15) is 0 Å². The Hall–Kier alpha value is -2.23. The molecule has 0 unspecified atom stereocenters. The predicted molar refractivity (Wildman–Crippen MR) is 93.4 cm³/mol. The molecule has 25 heavy (non-hydrogen) atoms. The molecule has 2 amide bonds. The second-order valence-corrected chi connectivity index (χ2v) is 6.63. The first-order valence-electron chi connectivity index (χ1n) is 8.12. The summed E-state index contributed by atoms with van der Waals surface area (Å²) in [6.07, 6.45) is 8.08. The Kier molecular flexibility index (Phi) is 4.89.